The summed E-state index contributed by atoms with van der Waals surface area (Å²) < 4.78 is 48.3. The molecule has 0 aliphatic rings. The Kier molecular flexibility index (Phi) is 6.96. The van der Waals surface area contributed by atoms with Crippen molar-refractivity contribution in [3.8, 4) is 34.0 Å². The minimum atomic E-state index is -0.644. The summed E-state index contributed by atoms with van der Waals surface area (Å²) in [7, 11) is 0. The number of carbonyl (C=O) groups excluding carboxylic acids is 2. The SMILES string of the molecule is CC(=O)Oc1c(-c2ccc(NC(=O)c3ccccc3F)cc2)c(-c2ccc(F)cc2)nn1-c1ccc(F)cc1. The lowest BCUT2D eigenvalue weighted by atomic mass is 10.0. The zero-order valence-electron chi connectivity index (χ0n) is 20.5. The molecule has 5 rings (SSSR count). The van der Waals surface area contributed by atoms with Crippen molar-refractivity contribution in [2.45, 2.75) is 6.92 Å². The largest absolute Gasteiger partial charge is 0.407 e. The average Bonchev–Trinajstić information content (AvgIpc) is 3.28. The highest BCUT2D eigenvalue weighted by molar-refractivity contribution is 6.04. The minimum Gasteiger partial charge on any atom is -0.407 e. The lowest BCUT2D eigenvalue weighted by Gasteiger charge is -2.11. The second-order valence-electron chi connectivity index (χ2n) is 8.53. The molecule has 1 heterocycles. The molecule has 0 unspecified atom stereocenters. The maximum absolute atomic E-state index is 14.0. The van der Waals surface area contributed by atoms with Gasteiger partial charge in [0.15, 0.2) is 0 Å². The molecule has 0 spiro atoms. The van der Waals surface area contributed by atoms with Crippen LogP contribution >= 0.6 is 0 Å². The predicted octanol–water partition coefficient (Wildman–Crippen LogP) is 6.80. The maximum Gasteiger partial charge on any atom is 0.309 e. The molecule has 0 saturated carbocycles. The van der Waals surface area contributed by atoms with Gasteiger partial charge < -0.3 is 10.1 Å². The van der Waals surface area contributed by atoms with Crippen molar-refractivity contribution in [3.05, 3.63) is 120 Å². The number of esters is 1. The van der Waals surface area contributed by atoms with E-state index in [1.165, 1.54) is 78.3 Å². The molecule has 0 radical (unpaired) electrons. The Morgan fingerprint density at radius 2 is 1.36 bits per heavy atom. The number of anilines is 1. The number of carbonyl (C=O) groups is 2. The molecule has 194 valence electrons. The number of benzene rings is 4. The van der Waals surface area contributed by atoms with Crippen LogP contribution in [0.5, 0.6) is 5.88 Å². The van der Waals surface area contributed by atoms with Gasteiger partial charge in [-0.05, 0) is 78.4 Å². The van der Waals surface area contributed by atoms with Crippen LogP contribution in [0.1, 0.15) is 17.3 Å². The molecule has 0 saturated heterocycles. The summed E-state index contributed by atoms with van der Waals surface area (Å²) in [5.74, 6) is -2.69. The van der Waals surface area contributed by atoms with E-state index in [4.69, 9.17) is 4.74 Å². The highest BCUT2D eigenvalue weighted by Gasteiger charge is 2.25. The Morgan fingerprint density at radius 3 is 1.97 bits per heavy atom. The van der Waals surface area contributed by atoms with E-state index in [-0.39, 0.29) is 11.4 Å². The van der Waals surface area contributed by atoms with Gasteiger partial charge in [-0.3, -0.25) is 9.59 Å². The number of nitrogens with zero attached hydrogens (tertiary/aromatic N) is 2. The highest BCUT2D eigenvalue weighted by Crippen LogP contribution is 2.41. The molecule has 5 aromatic rings. The van der Waals surface area contributed by atoms with E-state index in [1.807, 2.05) is 0 Å². The smallest absolute Gasteiger partial charge is 0.309 e. The van der Waals surface area contributed by atoms with Crippen LogP contribution < -0.4 is 10.1 Å². The van der Waals surface area contributed by atoms with Crippen LogP contribution in [-0.2, 0) is 4.79 Å². The van der Waals surface area contributed by atoms with Crippen molar-refractivity contribution in [1.29, 1.82) is 0 Å². The fraction of sp³-hybridized carbons (Fsp3) is 0.0333. The van der Waals surface area contributed by atoms with E-state index in [2.05, 4.69) is 10.4 Å². The Hall–Kier alpha value is -5.18. The van der Waals surface area contributed by atoms with E-state index in [9.17, 15) is 22.8 Å². The molecular weight excluding hydrogens is 507 g/mol. The number of aromatic nitrogens is 2. The Labute approximate surface area is 221 Å². The first-order valence-electron chi connectivity index (χ1n) is 11.8. The van der Waals surface area contributed by atoms with Crippen molar-refractivity contribution in [2.24, 2.45) is 0 Å². The van der Waals surface area contributed by atoms with Crippen LogP contribution in [0.4, 0.5) is 18.9 Å². The first-order valence-corrected chi connectivity index (χ1v) is 11.8. The van der Waals surface area contributed by atoms with Crippen LogP contribution in [0, 0.1) is 17.5 Å². The molecule has 1 N–H and O–H groups in total. The lowest BCUT2D eigenvalue weighted by Crippen LogP contribution is -2.13. The summed E-state index contributed by atoms with van der Waals surface area (Å²) in [5, 5.41) is 7.29. The molecule has 6 nitrogen and oxygen atoms in total. The molecule has 0 bridgehead atoms. The van der Waals surface area contributed by atoms with E-state index in [1.54, 1.807) is 30.3 Å². The zero-order chi connectivity index (χ0) is 27.5. The number of halogens is 3. The summed E-state index contributed by atoms with van der Waals surface area (Å²) in [5.41, 5.74) is 2.61. The third-order valence-corrected chi connectivity index (χ3v) is 5.82. The molecule has 1 amide bonds. The molecule has 0 aliphatic carbocycles. The van der Waals surface area contributed by atoms with Crippen LogP contribution in [0.15, 0.2) is 97.1 Å². The Bertz CT molecular complexity index is 1660. The number of ether oxygens (including phenoxy) is 1. The zero-order valence-corrected chi connectivity index (χ0v) is 20.5. The molecule has 9 heteroatoms. The summed E-state index contributed by atoms with van der Waals surface area (Å²) in [6.45, 7) is 1.24. The van der Waals surface area contributed by atoms with Crippen LogP contribution in [-0.4, -0.2) is 21.7 Å². The first-order chi connectivity index (χ1) is 18.8. The Morgan fingerprint density at radius 1 is 0.769 bits per heavy atom. The van der Waals surface area contributed by atoms with Gasteiger partial charge >= 0.3 is 5.97 Å². The monoisotopic (exact) mass is 527 g/mol. The quantitative estimate of drug-likeness (QED) is 0.247. The van der Waals surface area contributed by atoms with Gasteiger partial charge in [0.2, 0.25) is 5.88 Å². The van der Waals surface area contributed by atoms with Gasteiger partial charge in [0.1, 0.15) is 23.1 Å². The molecule has 0 aliphatic heterocycles. The van der Waals surface area contributed by atoms with Crippen molar-refractivity contribution < 1.29 is 27.5 Å². The van der Waals surface area contributed by atoms with E-state index in [0.29, 0.717) is 33.8 Å². The van der Waals surface area contributed by atoms with Crippen molar-refractivity contribution >= 4 is 17.6 Å². The standard InChI is InChI=1S/C30H20F3N3O3/c1-18(37)39-30-27(19-8-14-23(15-9-19)34-29(38)25-4-2-3-5-26(25)33)28(20-6-10-21(31)11-7-20)35-36(30)24-16-12-22(32)13-17-24/h2-17H,1H3,(H,34,38). The third kappa shape index (κ3) is 5.42. The molecule has 0 atom stereocenters. The average molecular weight is 528 g/mol. The van der Waals surface area contributed by atoms with Gasteiger partial charge in [-0.15, -0.1) is 0 Å². The third-order valence-electron chi connectivity index (χ3n) is 5.82. The normalized spacial score (nSPS) is 10.8. The fourth-order valence-electron chi connectivity index (χ4n) is 4.02. The van der Waals surface area contributed by atoms with Crippen LogP contribution in [0.3, 0.4) is 0 Å². The van der Waals surface area contributed by atoms with Gasteiger partial charge in [-0.1, -0.05) is 24.3 Å². The van der Waals surface area contributed by atoms with Crippen LogP contribution in [0.2, 0.25) is 0 Å². The minimum absolute atomic E-state index is 0.0663. The summed E-state index contributed by atoms with van der Waals surface area (Å²) in [6.07, 6.45) is 0. The van der Waals surface area contributed by atoms with Gasteiger partial charge in [0.25, 0.3) is 5.91 Å². The predicted molar refractivity (Wildman–Crippen MR) is 140 cm³/mol. The lowest BCUT2D eigenvalue weighted by molar-refractivity contribution is -0.132. The summed E-state index contributed by atoms with van der Waals surface area (Å²) in [6, 6.07) is 23.3. The van der Waals surface area contributed by atoms with Gasteiger partial charge in [-0.2, -0.15) is 9.78 Å². The number of hydrogen-bond acceptors (Lipinski definition) is 4. The molecule has 4 aromatic carbocycles. The van der Waals surface area contributed by atoms with E-state index < -0.39 is 29.3 Å². The first kappa shape index (κ1) is 25.5. The molecule has 1 aromatic heterocycles. The molecule has 39 heavy (non-hydrogen) atoms. The van der Waals surface area contributed by atoms with Gasteiger partial charge in [0.05, 0.1) is 16.8 Å². The highest BCUT2D eigenvalue weighted by atomic mass is 19.1. The second-order valence-corrected chi connectivity index (χ2v) is 8.53. The Balaban J connectivity index is 1.61. The molecule has 0 fully saturated rings. The van der Waals surface area contributed by atoms with Gasteiger partial charge in [-0.25, -0.2) is 13.2 Å². The van der Waals surface area contributed by atoms with Crippen molar-refractivity contribution in [2.75, 3.05) is 5.32 Å². The number of hydrogen-bond donors (Lipinski definition) is 1. The summed E-state index contributed by atoms with van der Waals surface area (Å²) >= 11 is 0. The maximum atomic E-state index is 14.0. The van der Waals surface area contributed by atoms with Gasteiger partial charge in [0, 0.05) is 18.2 Å². The van der Waals surface area contributed by atoms with E-state index >= 15 is 0 Å². The molecular formula is C30H20F3N3O3. The topological polar surface area (TPSA) is 73.2 Å². The number of nitrogens with one attached hydrogen (secondary N) is 1. The summed E-state index contributed by atoms with van der Waals surface area (Å²) in [4.78, 5) is 24.6. The van der Waals surface area contributed by atoms with Crippen LogP contribution in [0.25, 0.3) is 28.1 Å². The number of amides is 1. The van der Waals surface area contributed by atoms with E-state index in [0.717, 1.165) is 0 Å². The second kappa shape index (κ2) is 10.7. The fourth-order valence-corrected chi connectivity index (χ4v) is 4.02. The van der Waals surface area contributed by atoms with Crippen molar-refractivity contribution in [3.63, 3.8) is 0 Å². The number of rotatable bonds is 6. The van der Waals surface area contributed by atoms with Crippen molar-refractivity contribution in [1.82, 2.24) is 9.78 Å².